The van der Waals surface area contributed by atoms with Gasteiger partial charge in [0.15, 0.2) is 5.82 Å². The Morgan fingerprint density at radius 1 is 1.00 bits per heavy atom. The normalized spacial score (nSPS) is 11.4. The minimum Gasteiger partial charge on any atom is -0.494 e. The fourth-order valence-electron chi connectivity index (χ4n) is 2.90. The molecule has 2 aromatic carbocycles. The quantitative estimate of drug-likeness (QED) is 0.468. The smallest absolute Gasteiger partial charge is 0.235 e. The number of hydrogen-bond donors (Lipinski definition) is 0. The molecule has 0 aliphatic rings. The molecule has 5 rings (SSSR count). The van der Waals surface area contributed by atoms with Gasteiger partial charge in [-0.15, -0.1) is 15.3 Å². The van der Waals surface area contributed by atoms with Crippen LogP contribution in [0, 0.1) is 0 Å². The summed E-state index contributed by atoms with van der Waals surface area (Å²) in [5.74, 6) is 1.57. The third-order valence-electron chi connectivity index (χ3n) is 4.18. The lowest BCUT2D eigenvalue weighted by atomic mass is 10.2. The third kappa shape index (κ3) is 2.81. The van der Waals surface area contributed by atoms with Crippen LogP contribution in [0.5, 0.6) is 5.75 Å². The highest BCUT2D eigenvalue weighted by Gasteiger charge is 2.15. The minimum atomic E-state index is 0.453. The first-order chi connectivity index (χ1) is 13.3. The van der Waals surface area contributed by atoms with Crippen molar-refractivity contribution < 1.29 is 4.74 Å². The van der Waals surface area contributed by atoms with Crippen LogP contribution in [0.4, 0.5) is 0 Å². The van der Waals surface area contributed by atoms with Gasteiger partial charge in [-0.3, -0.25) is 0 Å². The van der Waals surface area contributed by atoms with Gasteiger partial charge in [-0.05, 0) is 43.3 Å². The van der Waals surface area contributed by atoms with Crippen molar-refractivity contribution >= 4 is 27.3 Å². The molecule has 27 heavy (non-hydrogen) atoms. The van der Waals surface area contributed by atoms with E-state index in [-0.39, 0.29) is 0 Å². The summed E-state index contributed by atoms with van der Waals surface area (Å²) in [5, 5.41) is 22.5. The molecule has 0 saturated carbocycles. The Morgan fingerprint density at radius 3 is 2.70 bits per heavy atom. The highest BCUT2D eigenvalue weighted by atomic mass is 32.1. The number of ether oxygens (including phenoxy) is 1. The van der Waals surface area contributed by atoms with Crippen LogP contribution in [-0.2, 0) is 6.54 Å². The van der Waals surface area contributed by atoms with Crippen molar-refractivity contribution in [1.29, 1.82) is 0 Å². The van der Waals surface area contributed by atoms with Crippen molar-refractivity contribution in [3.63, 3.8) is 0 Å². The van der Waals surface area contributed by atoms with Gasteiger partial charge in [-0.25, -0.2) is 4.68 Å². The summed E-state index contributed by atoms with van der Waals surface area (Å²) in [6.45, 7) is 3.07. The fraction of sp³-hybridized carbons (Fsp3) is 0.167. The van der Waals surface area contributed by atoms with Gasteiger partial charge < -0.3 is 4.74 Å². The maximum Gasteiger partial charge on any atom is 0.235 e. The molecule has 0 bridgehead atoms. The molecule has 0 radical (unpaired) electrons. The second-order valence-electron chi connectivity index (χ2n) is 5.91. The number of nitrogens with zero attached hydrogens (tertiary/aromatic N) is 7. The average molecular weight is 377 g/mol. The summed E-state index contributed by atoms with van der Waals surface area (Å²) in [7, 11) is 0. The van der Waals surface area contributed by atoms with Gasteiger partial charge in [-0.1, -0.05) is 28.7 Å². The number of fused-ring (bicyclic) bond motifs is 2. The summed E-state index contributed by atoms with van der Waals surface area (Å²) in [6.07, 6.45) is 0. The van der Waals surface area contributed by atoms with E-state index < -0.39 is 0 Å². The fourth-order valence-corrected chi connectivity index (χ4v) is 3.76. The van der Waals surface area contributed by atoms with E-state index in [9.17, 15) is 0 Å². The molecule has 134 valence electrons. The van der Waals surface area contributed by atoms with E-state index in [0.29, 0.717) is 19.0 Å². The standard InChI is InChI=1S/C18H15N7OS/c1-2-26-13-9-7-12(8-10-13)17-22-25-16(20-21-18(25)27-17)11-24-15-6-4-3-5-14(15)19-23-24/h3-10H,2,11H2,1H3. The number of hydrogen-bond acceptors (Lipinski definition) is 7. The summed E-state index contributed by atoms with van der Waals surface area (Å²) in [6, 6.07) is 15.7. The first-order valence-corrected chi connectivity index (χ1v) is 9.36. The van der Waals surface area contributed by atoms with Crippen molar-refractivity contribution in [3.8, 4) is 16.3 Å². The first kappa shape index (κ1) is 15.9. The maximum atomic E-state index is 5.49. The van der Waals surface area contributed by atoms with Crippen LogP contribution in [0.15, 0.2) is 48.5 Å². The molecule has 0 unspecified atom stereocenters. The maximum absolute atomic E-state index is 5.49. The molecule has 9 heteroatoms. The van der Waals surface area contributed by atoms with Crippen LogP contribution in [0.1, 0.15) is 12.7 Å². The Bertz CT molecular complexity index is 1220. The van der Waals surface area contributed by atoms with Gasteiger partial charge in [0.2, 0.25) is 4.96 Å². The van der Waals surface area contributed by atoms with E-state index in [1.165, 1.54) is 11.3 Å². The molecule has 8 nitrogen and oxygen atoms in total. The molecule has 0 fully saturated rings. The van der Waals surface area contributed by atoms with E-state index in [4.69, 9.17) is 4.74 Å². The topological polar surface area (TPSA) is 83.0 Å². The van der Waals surface area contributed by atoms with Crippen LogP contribution >= 0.6 is 11.3 Å². The minimum absolute atomic E-state index is 0.453. The Kier molecular flexibility index (Phi) is 3.79. The van der Waals surface area contributed by atoms with Crippen molar-refractivity contribution in [1.82, 2.24) is 34.8 Å². The van der Waals surface area contributed by atoms with E-state index in [2.05, 4.69) is 25.6 Å². The van der Waals surface area contributed by atoms with Crippen molar-refractivity contribution in [2.45, 2.75) is 13.5 Å². The number of aromatic nitrogens is 7. The Labute approximate surface area is 158 Å². The molecule has 0 N–H and O–H groups in total. The van der Waals surface area contributed by atoms with E-state index in [1.807, 2.05) is 60.1 Å². The SMILES string of the molecule is CCOc1ccc(-c2nn3c(Cn4nnc5ccccc54)nnc3s2)cc1. The monoisotopic (exact) mass is 377 g/mol. The van der Waals surface area contributed by atoms with Gasteiger partial charge in [0, 0.05) is 5.56 Å². The van der Waals surface area contributed by atoms with Gasteiger partial charge in [0.1, 0.15) is 22.8 Å². The summed E-state index contributed by atoms with van der Waals surface area (Å²) >= 11 is 1.50. The molecule has 0 amide bonds. The van der Waals surface area contributed by atoms with Crippen molar-refractivity contribution in [2.75, 3.05) is 6.61 Å². The molecular formula is C18H15N7OS. The first-order valence-electron chi connectivity index (χ1n) is 8.54. The summed E-state index contributed by atoms with van der Waals surface area (Å²) in [5.41, 5.74) is 2.83. The Morgan fingerprint density at radius 2 is 1.85 bits per heavy atom. The van der Waals surface area contributed by atoms with Gasteiger partial charge in [0.05, 0.1) is 12.1 Å². The molecule has 0 saturated heterocycles. The summed E-state index contributed by atoms with van der Waals surface area (Å²) < 4.78 is 9.07. The predicted molar refractivity (Wildman–Crippen MR) is 102 cm³/mol. The van der Waals surface area contributed by atoms with E-state index in [0.717, 1.165) is 32.3 Å². The molecule has 3 heterocycles. The number of para-hydroxylation sites is 1. The van der Waals surface area contributed by atoms with Crippen LogP contribution in [-0.4, -0.2) is 41.4 Å². The molecule has 3 aromatic heterocycles. The highest BCUT2D eigenvalue weighted by molar-refractivity contribution is 7.19. The summed E-state index contributed by atoms with van der Waals surface area (Å²) in [4.78, 5) is 0.748. The lowest BCUT2D eigenvalue weighted by Gasteiger charge is -2.02. The van der Waals surface area contributed by atoms with Crippen molar-refractivity contribution in [3.05, 3.63) is 54.4 Å². The lowest BCUT2D eigenvalue weighted by Crippen LogP contribution is -2.06. The zero-order valence-corrected chi connectivity index (χ0v) is 15.3. The zero-order valence-electron chi connectivity index (χ0n) is 14.5. The average Bonchev–Trinajstić information content (AvgIpc) is 3.39. The van der Waals surface area contributed by atoms with Crippen LogP contribution in [0.3, 0.4) is 0 Å². The number of rotatable bonds is 5. The molecule has 0 spiro atoms. The molecule has 0 aliphatic carbocycles. The van der Waals surface area contributed by atoms with Gasteiger partial charge in [-0.2, -0.15) is 9.61 Å². The Balaban J connectivity index is 1.48. The second-order valence-corrected chi connectivity index (χ2v) is 6.87. The molecule has 5 aromatic rings. The van der Waals surface area contributed by atoms with Crippen LogP contribution < -0.4 is 4.74 Å². The molecule has 0 aliphatic heterocycles. The van der Waals surface area contributed by atoms with Crippen LogP contribution in [0.2, 0.25) is 0 Å². The largest absolute Gasteiger partial charge is 0.494 e. The van der Waals surface area contributed by atoms with Gasteiger partial charge >= 0.3 is 0 Å². The number of benzene rings is 2. The zero-order chi connectivity index (χ0) is 18.2. The second kappa shape index (κ2) is 6.44. The van der Waals surface area contributed by atoms with E-state index in [1.54, 1.807) is 4.52 Å². The Hall–Kier alpha value is -3.33. The van der Waals surface area contributed by atoms with Crippen molar-refractivity contribution in [2.24, 2.45) is 0 Å². The highest BCUT2D eigenvalue weighted by Crippen LogP contribution is 2.27. The lowest BCUT2D eigenvalue weighted by molar-refractivity contribution is 0.340. The van der Waals surface area contributed by atoms with Gasteiger partial charge in [0.25, 0.3) is 0 Å². The third-order valence-corrected chi connectivity index (χ3v) is 5.13. The molecule has 0 atom stereocenters. The predicted octanol–water partition coefficient (Wildman–Crippen LogP) is 3.04. The van der Waals surface area contributed by atoms with E-state index >= 15 is 0 Å². The molecular weight excluding hydrogens is 362 g/mol. The van der Waals surface area contributed by atoms with Crippen LogP contribution in [0.25, 0.3) is 26.6 Å².